The van der Waals surface area contributed by atoms with Crippen LogP contribution >= 0.6 is 23.1 Å². The number of rotatable bonds is 6. The van der Waals surface area contributed by atoms with E-state index in [0.29, 0.717) is 22.0 Å². The summed E-state index contributed by atoms with van der Waals surface area (Å²) in [6.45, 7) is 2.04. The van der Waals surface area contributed by atoms with Crippen LogP contribution in [0, 0.1) is 0 Å². The number of thioether (sulfide) groups is 1. The van der Waals surface area contributed by atoms with Crippen molar-refractivity contribution in [1.29, 1.82) is 0 Å². The monoisotopic (exact) mass is 402 g/mol. The summed E-state index contributed by atoms with van der Waals surface area (Å²) in [4.78, 5) is 40.8. The van der Waals surface area contributed by atoms with E-state index in [4.69, 9.17) is 0 Å². The summed E-state index contributed by atoms with van der Waals surface area (Å²) in [5.74, 6) is -0.120. The van der Waals surface area contributed by atoms with E-state index in [1.54, 1.807) is 23.7 Å². The van der Waals surface area contributed by atoms with Crippen molar-refractivity contribution in [3.05, 3.63) is 69.1 Å². The predicted octanol–water partition coefficient (Wildman–Crippen LogP) is 2.01. The quantitative estimate of drug-likeness (QED) is 0.616. The van der Waals surface area contributed by atoms with Gasteiger partial charge in [0.2, 0.25) is 5.91 Å². The van der Waals surface area contributed by atoms with Gasteiger partial charge in [0.1, 0.15) is 0 Å². The van der Waals surface area contributed by atoms with Crippen LogP contribution in [-0.2, 0) is 17.0 Å². The molecule has 2 aromatic heterocycles. The zero-order valence-electron chi connectivity index (χ0n) is 14.6. The minimum absolute atomic E-state index is 0.136. The van der Waals surface area contributed by atoms with Gasteiger partial charge in [-0.25, -0.2) is 4.98 Å². The van der Waals surface area contributed by atoms with E-state index in [1.165, 1.54) is 33.6 Å². The number of hydrazine groups is 1. The Morgan fingerprint density at radius 1 is 1.22 bits per heavy atom. The van der Waals surface area contributed by atoms with Gasteiger partial charge in [-0.15, -0.1) is 23.1 Å². The van der Waals surface area contributed by atoms with Gasteiger partial charge < -0.3 is 0 Å². The van der Waals surface area contributed by atoms with Crippen molar-refractivity contribution in [2.24, 2.45) is 0 Å². The average Bonchev–Trinajstić information content (AvgIpc) is 3.15. The fourth-order valence-electron chi connectivity index (χ4n) is 2.34. The van der Waals surface area contributed by atoms with Gasteiger partial charge in [-0.1, -0.05) is 19.1 Å². The Hall–Kier alpha value is -2.65. The highest BCUT2D eigenvalue weighted by atomic mass is 32.2. The van der Waals surface area contributed by atoms with Crippen LogP contribution in [0.25, 0.3) is 4.96 Å². The Morgan fingerprint density at radius 2 is 2.00 bits per heavy atom. The van der Waals surface area contributed by atoms with Crippen LogP contribution in [0.5, 0.6) is 0 Å². The smallest absolute Gasteiger partial charge is 0.269 e. The Bertz CT molecular complexity index is 1010. The molecule has 2 heterocycles. The van der Waals surface area contributed by atoms with Gasteiger partial charge in [0, 0.05) is 29.0 Å². The number of nitrogens with zero attached hydrogens (tertiary/aromatic N) is 2. The molecule has 0 saturated carbocycles. The van der Waals surface area contributed by atoms with Crippen LogP contribution < -0.4 is 16.4 Å². The Kier molecular flexibility index (Phi) is 6.25. The first-order chi connectivity index (χ1) is 13.1. The van der Waals surface area contributed by atoms with Gasteiger partial charge in [-0.3, -0.25) is 29.6 Å². The summed E-state index contributed by atoms with van der Waals surface area (Å²) >= 11 is 2.70. The highest BCUT2D eigenvalue weighted by Crippen LogP contribution is 2.12. The van der Waals surface area contributed by atoms with Gasteiger partial charge in [0.15, 0.2) is 4.96 Å². The van der Waals surface area contributed by atoms with E-state index in [9.17, 15) is 14.4 Å². The number of nitrogens with one attached hydrogen (secondary N) is 2. The molecule has 140 valence electrons. The first-order valence-corrected chi connectivity index (χ1v) is 10.3. The lowest BCUT2D eigenvalue weighted by atomic mass is 10.1. The summed E-state index contributed by atoms with van der Waals surface area (Å²) in [5.41, 5.74) is 6.89. The molecule has 0 aliphatic rings. The summed E-state index contributed by atoms with van der Waals surface area (Å²) in [6, 6.07) is 8.67. The fraction of sp³-hybridized carbons (Fsp3) is 0.222. The molecule has 0 saturated heterocycles. The highest BCUT2D eigenvalue weighted by molar-refractivity contribution is 7.99. The van der Waals surface area contributed by atoms with Crippen molar-refractivity contribution in [1.82, 2.24) is 20.2 Å². The molecule has 1 aromatic carbocycles. The van der Waals surface area contributed by atoms with E-state index < -0.39 is 0 Å². The molecule has 0 radical (unpaired) electrons. The number of carbonyl (C=O) groups is 2. The molecule has 3 aromatic rings. The lowest BCUT2D eigenvalue weighted by molar-refractivity contribution is -0.119. The molecule has 0 unspecified atom stereocenters. The highest BCUT2D eigenvalue weighted by Gasteiger charge is 2.09. The molecule has 3 rings (SSSR count). The van der Waals surface area contributed by atoms with Crippen molar-refractivity contribution in [3.63, 3.8) is 0 Å². The van der Waals surface area contributed by atoms with Crippen LogP contribution in [0.15, 0.2) is 46.7 Å². The maximum absolute atomic E-state index is 12.0. The second kappa shape index (κ2) is 8.83. The topological polar surface area (TPSA) is 92.6 Å². The molecule has 0 atom stereocenters. The zero-order valence-corrected chi connectivity index (χ0v) is 16.2. The first kappa shape index (κ1) is 19.1. The Morgan fingerprint density at radius 3 is 2.74 bits per heavy atom. The average molecular weight is 403 g/mol. The van der Waals surface area contributed by atoms with E-state index >= 15 is 0 Å². The number of amides is 2. The fourth-order valence-corrected chi connectivity index (χ4v) is 3.79. The third-order valence-electron chi connectivity index (χ3n) is 3.78. The van der Waals surface area contributed by atoms with Crippen molar-refractivity contribution in [3.8, 4) is 0 Å². The van der Waals surface area contributed by atoms with Gasteiger partial charge in [-0.2, -0.15) is 0 Å². The summed E-state index contributed by atoms with van der Waals surface area (Å²) < 4.78 is 1.48. The first-order valence-electron chi connectivity index (χ1n) is 8.28. The zero-order chi connectivity index (χ0) is 19.2. The van der Waals surface area contributed by atoms with E-state index in [1.807, 2.05) is 19.1 Å². The second-order valence-corrected chi connectivity index (χ2v) is 7.55. The number of benzene rings is 1. The van der Waals surface area contributed by atoms with Gasteiger partial charge >= 0.3 is 0 Å². The Labute approximate surface area is 163 Å². The second-order valence-electron chi connectivity index (χ2n) is 5.69. The number of fused-ring (bicyclic) bond motifs is 1. The number of hydrogen-bond donors (Lipinski definition) is 2. The molecule has 27 heavy (non-hydrogen) atoms. The van der Waals surface area contributed by atoms with Gasteiger partial charge in [0.05, 0.1) is 11.4 Å². The summed E-state index contributed by atoms with van der Waals surface area (Å²) in [6.07, 6.45) is 2.58. The molecule has 2 N–H and O–H groups in total. The maximum atomic E-state index is 12.0. The summed E-state index contributed by atoms with van der Waals surface area (Å²) in [7, 11) is 0. The van der Waals surface area contributed by atoms with Crippen molar-refractivity contribution in [2.45, 2.75) is 19.1 Å². The predicted molar refractivity (Wildman–Crippen MR) is 107 cm³/mol. The van der Waals surface area contributed by atoms with Crippen molar-refractivity contribution in [2.75, 3.05) is 5.75 Å². The number of aromatic nitrogens is 2. The normalized spacial score (nSPS) is 10.7. The summed E-state index contributed by atoms with van der Waals surface area (Å²) in [5, 5.41) is 1.80. The maximum Gasteiger partial charge on any atom is 0.269 e. The van der Waals surface area contributed by atoms with Crippen LogP contribution in [-0.4, -0.2) is 27.0 Å². The van der Waals surface area contributed by atoms with Crippen molar-refractivity contribution < 1.29 is 9.59 Å². The van der Waals surface area contributed by atoms with Crippen LogP contribution in [0.1, 0.15) is 28.5 Å². The van der Waals surface area contributed by atoms with E-state index in [0.717, 1.165) is 12.0 Å². The van der Waals surface area contributed by atoms with E-state index in [-0.39, 0.29) is 23.1 Å². The minimum Gasteiger partial charge on any atom is -0.272 e. The Balaban J connectivity index is 1.44. The molecule has 0 spiro atoms. The van der Waals surface area contributed by atoms with Crippen molar-refractivity contribution >= 4 is 39.9 Å². The molecular formula is C18H18N4O3S2. The molecule has 0 fully saturated rings. The van der Waals surface area contributed by atoms with Gasteiger partial charge in [-0.05, 0) is 24.1 Å². The number of hydrogen-bond acceptors (Lipinski definition) is 6. The molecule has 7 nitrogen and oxygen atoms in total. The van der Waals surface area contributed by atoms with Crippen LogP contribution in [0.2, 0.25) is 0 Å². The molecule has 0 bridgehead atoms. The molecular weight excluding hydrogens is 384 g/mol. The SMILES string of the molecule is CCc1ccc(C(=O)NNC(=O)CSCc2cc(=O)n3ccsc3n2)cc1. The third-order valence-corrected chi connectivity index (χ3v) is 5.50. The number of carbonyl (C=O) groups excluding carboxylic acids is 2. The molecule has 9 heteroatoms. The molecule has 0 aliphatic carbocycles. The van der Waals surface area contributed by atoms with Crippen LogP contribution in [0.3, 0.4) is 0 Å². The largest absolute Gasteiger partial charge is 0.272 e. The number of thiazole rings is 1. The standard InChI is InChI=1S/C18H18N4O3S2/c1-2-12-3-5-13(6-4-12)17(25)21-20-15(23)11-26-10-14-9-16(24)22-7-8-27-18(22)19-14/h3-9H,2,10-11H2,1H3,(H,20,23)(H,21,25). The lowest BCUT2D eigenvalue weighted by Gasteiger charge is -2.08. The number of aryl methyl sites for hydroxylation is 1. The molecule has 2 amide bonds. The van der Waals surface area contributed by atoms with Gasteiger partial charge in [0.25, 0.3) is 11.5 Å². The third kappa shape index (κ3) is 4.95. The van der Waals surface area contributed by atoms with Crippen LogP contribution in [0.4, 0.5) is 0 Å². The minimum atomic E-state index is -0.367. The molecule has 0 aliphatic heterocycles. The van der Waals surface area contributed by atoms with E-state index in [2.05, 4.69) is 15.8 Å². The lowest BCUT2D eigenvalue weighted by Crippen LogP contribution is -2.42.